The minimum atomic E-state index is 0. The second kappa shape index (κ2) is 7.90. The van der Waals surface area contributed by atoms with Gasteiger partial charge in [0.05, 0.1) is 5.69 Å². The number of aromatic nitrogens is 4. The average molecular weight is 583 g/mol. The van der Waals surface area contributed by atoms with Crippen LogP contribution >= 0.6 is 0 Å². The van der Waals surface area contributed by atoms with Crippen LogP contribution in [0, 0.1) is 5.41 Å². The fourth-order valence-corrected chi connectivity index (χ4v) is 5.07. The summed E-state index contributed by atoms with van der Waals surface area (Å²) in [6.45, 7) is 7.84. The molecule has 30 heavy (non-hydrogen) atoms. The van der Waals surface area contributed by atoms with Gasteiger partial charge in [-0.25, -0.2) is 4.98 Å². The summed E-state index contributed by atoms with van der Waals surface area (Å²) >= 11 is 0. The average Bonchev–Trinajstić information content (AvgIpc) is 3.31. The largest absolute Gasteiger partial charge is 2.00 e. The molecule has 0 aromatic carbocycles. The van der Waals surface area contributed by atoms with Crippen LogP contribution in [0.4, 0.5) is 0 Å². The Morgan fingerprint density at radius 2 is 2.03 bits per heavy atom. The molecule has 0 radical (unpaired) electrons. The van der Waals surface area contributed by atoms with Crippen LogP contribution in [0.2, 0.25) is 0 Å². The van der Waals surface area contributed by atoms with E-state index in [0.717, 1.165) is 17.1 Å². The first-order valence-corrected chi connectivity index (χ1v) is 10.2. The molecular weight excluding hydrogens is 557 g/mol. The molecule has 2 bridgehead atoms. The normalized spacial score (nSPS) is 23.1. The van der Waals surface area contributed by atoms with E-state index in [9.17, 15) is 0 Å². The zero-order valence-corrected chi connectivity index (χ0v) is 19.7. The van der Waals surface area contributed by atoms with Crippen LogP contribution in [0.1, 0.15) is 56.5 Å². The van der Waals surface area contributed by atoms with Gasteiger partial charge in [-0.2, -0.15) is 0 Å². The van der Waals surface area contributed by atoms with Crippen molar-refractivity contribution in [2.45, 2.75) is 51.5 Å². The Bertz CT molecular complexity index is 1040. The van der Waals surface area contributed by atoms with Crippen molar-refractivity contribution in [3.8, 4) is 17.3 Å². The number of nitrogens with zero attached hydrogens (tertiary/aromatic N) is 5. The Labute approximate surface area is 191 Å². The summed E-state index contributed by atoms with van der Waals surface area (Å²) in [4.78, 5) is 8.95. The summed E-state index contributed by atoms with van der Waals surface area (Å²) in [5.74, 6) is 1.05. The van der Waals surface area contributed by atoms with Gasteiger partial charge in [-0.3, -0.25) is 4.98 Å². The molecule has 6 nitrogen and oxygen atoms in total. The smallest absolute Gasteiger partial charge is 0.624 e. The molecule has 7 heteroatoms. The van der Waals surface area contributed by atoms with Gasteiger partial charge in [-0.05, 0) is 47.9 Å². The Morgan fingerprint density at radius 3 is 2.83 bits per heavy atom. The van der Waals surface area contributed by atoms with Gasteiger partial charge in [0.1, 0.15) is 0 Å². The van der Waals surface area contributed by atoms with Crippen molar-refractivity contribution in [3.63, 3.8) is 0 Å². The first-order valence-electron chi connectivity index (χ1n) is 10.2. The van der Waals surface area contributed by atoms with Crippen LogP contribution in [0.5, 0.6) is 5.88 Å². The summed E-state index contributed by atoms with van der Waals surface area (Å²) in [5, 5.41) is 13.5. The number of rotatable bonds is 6. The molecule has 3 aromatic heterocycles. The van der Waals surface area contributed by atoms with E-state index >= 15 is 0 Å². The van der Waals surface area contributed by atoms with Crippen LogP contribution in [-0.4, -0.2) is 21.8 Å². The van der Waals surface area contributed by atoms with Crippen LogP contribution in [0.15, 0.2) is 42.6 Å². The van der Waals surface area contributed by atoms with Crippen molar-refractivity contribution in [1.29, 1.82) is 0 Å². The molecular formula is C23H25N5OPt. The molecule has 0 saturated heterocycles. The van der Waals surface area contributed by atoms with Crippen molar-refractivity contribution in [2.24, 2.45) is 5.41 Å². The molecule has 2 atom stereocenters. The zero-order chi connectivity index (χ0) is 20.1. The quantitative estimate of drug-likeness (QED) is 0.398. The summed E-state index contributed by atoms with van der Waals surface area (Å²) in [6.07, 6.45) is 4.15. The van der Waals surface area contributed by atoms with Gasteiger partial charge in [0.25, 0.3) is 0 Å². The number of pyridine rings is 2. The number of hydrogen-bond acceptors (Lipinski definition) is 4. The first-order chi connectivity index (χ1) is 14.0. The van der Waals surface area contributed by atoms with Gasteiger partial charge in [-0.1, -0.05) is 38.6 Å². The van der Waals surface area contributed by atoms with Gasteiger partial charge < -0.3 is 20.3 Å². The molecule has 2 aliphatic rings. The van der Waals surface area contributed by atoms with E-state index in [1.165, 1.54) is 24.1 Å². The maximum Gasteiger partial charge on any atom is 2.00 e. The predicted octanol–water partition coefficient (Wildman–Crippen LogP) is 4.58. The topological polar surface area (TPSA) is 76.1 Å². The van der Waals surface area contributed by atoms with E-state index < -0.39 is 0 Å². The minimum absolute atomic E-state index is 0. The third kappa shape index (κ3) is 3.21. The summed E-state index contributed by atoms with van der Waals surface area (Å²) < 4.78 is 5.75. The van der Waals surface area contributed by atoms with Crippen LogP contribution in [-0.2, 0) is 33.0 Å². The van der Waals surface area contributed by atoms with E-state index in [0.29, 0.717) is 18.3 Å². The second-order valence-corrected chi connectivity index (χ2v) is 8.79. The summed E-state index contributed by atoms with van der Waals surface area (Å²) in [6, 6.07) is 11.6. The fourth-order valence-electron chi connectivity index (χ4n) is 5.07. The standard InChI is InChI=1S/C23H25N5O.Pt/c1-22(2)16-10-11-23(22,3)21-19(16)20(27-28-21)17-8-6-9-18(26-17)29-14-24-13-15-7-4-5-12-25-15;/h4-9,12,16H,10-11,13-14H2,1-3H3;/q-2;+2. The van der Waals surface area contributed by atoms with Crippen molar-refractivity contribution in [2.75, 3.05) is 6.73 Å². The second-order valence-electron chi connectivity index (χ2n) is 8.79. The fraction of sp³-hybridized carbons (Fsp3) is 0.435. The monoisotopic (exact) mass is 582 g/mol. The van der Waals surface area contributed by atoms with E-state index in [4.69, 9.17) is 9.72 Å². The van der Waals surface area contributed by atoms with Crippen molar-refractivity contribution >= 4 is 0 Å². The number of ether oxygens (including phenoxy) is 1. The maximum absolute atomic E-state index is 5.75. The Kier molecular flexibility index (Phi) is 5.58. The molecule has 2 aliphatic carbocycles. The van der Waals surface area contributed by atoms with Gasteiger partial charge in [0.15, 0.2) is 0 Å². The minimum Gasteiger partial charge on any atom is -0.624 e. The van der Waals surface area contributed by atoms with Gasteiger partial charge in [0, 0.05) is 35.8 Å². The van der Waals surface area contributed by atoms with Crippen LogP contribution < -0.4 is 9.84 Å². The zero-order valence-electron chi connectivity index (χ0n) is 17.4. The molecule has 0 amide bonds. The predicted molar refractivity (Wildman–Crippen MR) is 111 cm³/mol. The van der Waals surface area contributed by atoms with Gasteiger partial charge in [0.2, 0.25) is 5.88 Å². The van der Waals surface area contributed by atoms with E-state index in [-0.39, 0.29) is 38.6 Å². The number of hydrogen-bond donors (Lipinski definition) is 0. The Balaban J connectivity index is 0.00000218. The number of fused-ring (bicyclic) bond motifs is 5. The molecule has 1 fully saturated rings. The van der Waals surface area contributed by atoms with Crippen molar-refractivity contribution in [3.05, 3.63) is 64.9 Å². The SMILES string of the molecule is CC12CCC(c3c1n[n-]c3-c1cccc(OC[N-]Cc3ccccn3)n1)C2(C)C.[Pt+2]. The molecule has 1 saturated carbocycles. The third-order valence-electron chi connectivity index (χ3n) is 7.13. The maximum atomic E-state index is 5.75. The summed E-state index contributed by atoms with van der Waals surface area (Å²) in [7, 11) is 0. The molecule has 3 aromatic rings. The third-order valence-corrected chi connectivity index (χ3v) is 7.13. The van der Waals surface area contributed by atoms with E-state index in [2.05, 4.69) is 41.3 Å². The molecule has 5 rings (SSSR count). The molecule has 3 heterocycles. The van der Waals surface area contributed by atoms with Crippen molar-refractivity contribution in [1.82, 2.24) is 20.2 Å². The molecule has 0 aliphatic heterocycles. The first kappa shape index (κ1) is 21.2. The molecule has 158 valence electrons. The molecule has 2 unspecified atom stereocenters. The summed E-state index contributed by atoms with van der Waals surface area (Å²) in [5.41, 5.74) is 5.45. The Hall–Kier alpha value is -2.04. The molecule has 0 N–H and O–H groups in total. The van der Waals surface area contributed by atoms with E-state index in [1.54, 1.807) is 6.20 Å². The van der Waals surface area contributed by atoms with Crippen molar-refractivity contribution < 1.29 is 25.8 Å². The van der Waals surface area contributed by atoms with Crippen LogP contribution in [0.3, 0.4) is 0 Å². The van der Waals surface area contributed by atoms with Crippen LogP contribution in [0.25, 0.3) is 16.7 Å². The molecule has 0 spiro atoms. The van der Waals surface area contributed by atoms with E-state index in [1.807, 2.05) is 36.4 Å². The Morgan fingerprint density at radius 1 is 1.17 bits per heavy atom. The van der Waals surface area contributed by atoms with Gasteiger partial charge in [-0.15, -0.1) is 6.54 Å². The van der Waals surface area contributed by atoms with Gasteiger partial charge >= 0.3 is 21.1 Å².